The standard InChI is InChI=1S/C16H21FN2O3/c1-10-7-15(19(20)21)16(22-11-3-4-11)8-13(10)12-5-6-18(2)9-14(12)17/h7-8,11-12,14H,3-6,9H2,1-2H3. The molecule has 0 radical (unpaired) electrons. The maximum Gasteiger partial charge on any atom is 0.311 e. The summed E-state index contributed by atoms with van der Waals surface area (Å²) >= 11 is 0. The first-order valence-corrected chi connectivity index (χ1v) is 7.74. The lowest BCUT2D eigenvalue weighted by molar-refractivity contribution is -0.386. The van der Waals surface area contributed by atoms with Crippen LogP contribution in [0.2, 0.25) is 0 Å². The third kappa shape index (κ3) is 3.06. The number of nitro benzene ring substituents is 1. The SMILES string of the molecule is Cc1cc([N+](=O)[O-])c(OC2CC2)cc1C1CCN(C)CC1F. The summed E-state index contributed by atoms with van der Waals surface area (Å²) in [6.45, 7) is 3.05. The quantitative estimate of drug-likeness (QED) is 0.633. The minimum absolute atomic E-state index is 0.0171. The molecule has 0 amide bonds. The van der Waals surface area contributed by atoms with Gasteiger partial charge in [-0.15, -0.1) is 0 Å². The van der Waals surface area contributed by atoms with E-state index >= 15 is 0 Å². The maximum absolute atomic E-state index is 14.4. The number of likely N-dealkylation sites (tertiary alicyclic amines) is 1. The molecule has 2 unspecified atom stereocenters. The van der Waals surface area contributed by atoms with Gasteiger partial charge in [-0.05, 0) is 57.0 Å². The van der Waals surface area contributed by atoms with Gasteiger partial charge in [-0.1, -0.05) is 0 Å². The molecule has 1 saturated heterocycles. The molecule has 1 heterocycles. The first kappa shape index (κ1) is 15.2. The molecule has 2 atom stereocenters. The smallest absolute Gasteiger partial charge is 0.311 e. The molecule has 1 aromatic rings. The molecule has 1 aliphatic carbocycles. The number of nitro groups is 1. The number of hydrogen-bond acceptors (Lipinski definition) is 4. The number of halogens is 1. The van der Waals surface area contributed by atoms with Crippen molar-refractivity contribution in [3.8, 4) is 5.75 Å². The van der Waals surface area contributed by atoms with Gasteiger partial charge in [0.25, 0.3) is 0 Å². The molecule has 5 nitrogen and oxygen atoms in total. The van der Waals surface area contributed by atoms with Crippen LogP contribution in [0.3, 0.4) is 0 Å². The van der Waals surface area contributed by atoms with Gasteiger partial charge in [0.2, 0.25) is 0 Å². The van der Waals surface area contributed by atoms with Gasteiger partial charge < -0.3 is 9.64 Å². The molecule has 0 aromatic heterocycles. The molecule has 0 N–H and O–H groups in total. The fraction of sp³-hybridized carbons (Fsp3) is 0.625. The molecule has 1 saturated carbocycles. The molecule has 1 aliphatic heterocycles. The largest absolute Gasteiger partial charge is 0.483 e. The average Bonchev–Trinajstić information content (AvgIpc) is 3.25. The highest BCUT2D eigenvalue weighted by molar-refractivity contribution is 5.53. The highest BCUT2D eigenvalue weighted by atomic mass is 19.1. The van der Waals surface area contributed by atoms with Crippen LogP contribution in [0.5, 0.6) is 5.75 Å². The lowest BCUT2D eigenvalue weighted by Crippen LogP contribution is -2.38. The predicted molar refractivity (Wildman–Crippen MR) is 81.2 cm³/mol. The summed E-state index contributed by atoms with van der Waals surface area (Å²) in [6.07, 6.45) is 1.71. The highest BCUT2D eigenvalue weighted by Crippen LogP contribution is 2.40. The minimum atomic E-state index is -0.951. The Morgan fingerprint density at radius 1 is 1.36 bits per heavy atom. The lowest BCUT2D eigenvalue weighted by Gasteiger charge is -2.33. The fourth-order valence-corrected chi connectivity index (χ4v) is 3.10. The number of ether oxygens (including phenoxy) is 1. The van der Waals surface area contributed by atoms with Crippen LogP contribution in [0.15, 0.2) is 12.1 Å². The van der Waals surface area contributed by atoms with E-state index in [1.165, 1.54) is 6.07 Å². The second-order valence-electron chi connectivity index (χ2n) is 6.42. The van der Waals surface area contributed by atoms with Gasteiger partial charge in [-0.3, -0.25) is 10.1 Å². The first-order chi connectivity index (χ1) is 10.5. The summed E-state index contributed by atoms with van der Waals surface area (Å²) in [7, 11) is 1.91. The van der Waals surface area contributed by atoms with Crippen molar-refractivity contribution < 1.29 is 14.1 Å². The zero-order valence-corrected chi connectivity index (χ0v) is 12.9. The Labute approximate surface area is 129 Å². The van der Waals surface area contributed by atoms with Crippen LogP contribution in [-0.4, -0.2) is 42.2 Å². The Balaban J connectivity index is 1.94. The molecule has 2 aliphatic rings. The summed E-state index contributed by atoms with van der Waals surface area (Å²) in [5, 5.41) is 11.2. The number of hydrogen-bond donors (Lipinski definition) is 0. The third-order valence-electron chi connectivity index (χ3n) is 4.51. The highest BCUT2D eigenvalue weighted by Gasteiger charge is 2.33. The zero-order valence-electron chi connectivity index (χ0n) is 12.9. The van der Waals surface area contributed by atoms with E-state index in [-0.39, 0.29) is 17.7 Å². The number of aryl methyl sites for hydroxylation is 1. The van der Waals surface area contributed by atoms with E-state index in [0.717, 1.165) is 36.9 Å². The Kier molecular flexibility index (Phi) is 4.04. The Hall–Kier alpha value is -1.69. The maximum atomic E-state index is 14.4. The van der Waals surface area contributed by atoms with E-state index in [1.807, 2.05) is 18.9 Å². The van der Waals surface area contributed by atoms with Crippen LogP contribution in [0, 0.1) is 17.0 Å². The summed E-state index contributed by atoms with van der Waals surface area (Å²) < 4.78 is 20.1. The van der Waals surface area contributed by atoms with E-state index in [0.29, 0.717) is 12.3 Å². The van der Waals surface area contributed by atoms with E-state index in [2.05, 4.69) is 0 Å². The van der Waals surface area contributed by atoms with Gasteiger partial charge in [0.15, 0.2) is 5.75 Å². The summed E-state index contributed by atoms with van der Waals surface area (Å²) in [4.78, 5) is 12.8. The third-order valence-corrected chi connectivity index (χ3v) is 4.51. The van der Waals surface area contributed by atoms with Gasteiger partial charge in [-0.25, -0.2) is 4.39 Å². The van der Waals surface area contributed by atoms with E-state index < -0.39 is 11.1 Å². The van der Waals surface area contributed by atoms with Crippen LogP contribution >= 0.6 is 0 Å². The monoisotopic (exact) mass is 308 g/mol. The first-order valence-electron chi connectivity index (χ1n) is 7.74. The average molecular weight is 308 g/mol. The van der Waals surface area contributed by atoms with Crippen molar-refractivity contribution in [2.45, 2.75) is 44.4 Å². The van der Waals surface area contributed by atoms with Crippen LogP contribution in [-0.2, 0) is 0 Å². The molecule has 0 spiro atoms. The fourth-order valence-electron chi connectivity index (χ4n) is 3.10. The van der Waals surface area contributed by atoms with Crippen molar-refractivity contribution in [3.05, 3.63) is 33.4 Å². The van der Waals surface area contributed by atoms with Crippen molar-refractivity contribution in [1.29, 1.82) is 0 Å². The van der Waals surface area contributed by atoms with Crippen LogP contribution < -0.4 is 4.74 Å². The molecule has 2 fully saturated rings. The lowest BCUT2D eigenvalue weighted by atomic mass is 9.85. The summed E-state index contributed by atoms with van der Waals surface area (Å²) in [5.41, 5.74) is 1.60. The molecular formula is C16H21FN2O3. The van der Waals surface area contributed by atoms with Crippen molar-refractivity contribution >= 4 is 5.69 Å². The van der Waals surface area contributed by atoms with Gasteiger partial charge in [0.1, 0.15) is 6.17 Å². The van der Waals surface area contributed by atoms with Crippen molar-refractivity contribution in [2.24, 2.45) is 0 Å². The predicted octanol–water partition coefficient (Wildman–Crippen LogP) is 3.20. The van der Waals surface area contributed by atoms with Crippen molar-refractivity contribution in [2.75, 3.05) is 20.1 Å². The number of benzene rings is 1. The van der Waals surface area contributed by atoms with Gasteiger partial charge in [0.05, 0.1) is 11.0 Å². The molecule has 22 heavy (non-hydrogen) atoms. The molecule has 120 valence electrons. The summed E-state index contributed by atoms with van der Waals surface area (Å²) in [5.74, 6) is 0.0813. The van der Waals surface area contributed by atoms with Crippen molar-refractivity contribution in [3.63, 3.8) is 0 Å². The Bertz CT molecular complexity index is 589. The molecule has 3 rings (SSSR count). The van der Waals surface area contributed by atoms with Crippen molar-refractivity contribution in [1.82, 2.24) is 4.90 Å². The van der Waals surface area contributed by atoms with Crippen LogP contribution in [0.25, 0.3) is 0 Å². The molecule has 6 heteroatoms. The molecule has 0 bridgehead atoms. The zero-order chi connectivity index (χ0) is 15.9. The van der Waals surface area contributed by atoms with E-state index in [1.54, 1.807) is 6.07 Å². The second-order valence-corrected chi connectivity index (χ2v) is 6.42. The molecule has 1 aromatic carbocycles. The number of nitrogens with zero attached hydrogens (tertiary/aromatic N) is 2. The van der Waals surface area contributed by atoms with Gasteiger partial charge in [0, 0.05) is 18.5 Å². The second kappa shape index (κ2) is 5.83. The van der Waals surface area contributed by atoms with Crippen LogP contribution in [0.4, 0.5) is 10.1 Å². The topological polar surface area (TPSA) is 55.6 Å². The van der Waals surface area contributed by atoms with E-state index in [9.17, 15) is 14.5 Å². The summed E-state index contributed by atoms with van der Waals surface area (Å²) in [6, 6.07) is 3.23. The number of piperidine rings is 1. The normalized spacial score (nSPS) is 26.0. The molecular weight excluding hydrogens is 287 g/mol. The number of alkyl halides is 1. The van der Waals surface area contributed by atoms with Crippen LogP contribution in [0.1, 0.15) is 36.3 Å². The minimum Gasteiger partial charge on any atom is -0.483 e. The van der Waals surface area contributed by atoms with Gasteiger partial charge in [-0.2, -0.15) is 0 Å². The number of rotatable bonds is 4. The van der Waals surface area contributed by atoms with E-state index in [4.69, 9.17) is 4.74 Å². The Morgan fingerprint density at radius 2 is 2.09 bits per heavy atom. The Morgan fingerprint density at radius 3 is 2.68 bits per heavy atom. The van der Waals surface area contributed by atoms with Gasteiger partial charge >= 0.3 is 5.69 Å².